The van der Waals surface area contributed by atoms with E-state index in [4.69, 9.17) is 0 Å². The van der Waals surface area contributed by atoms with Crippen molar-refractivity contribution >= 4 is 0 Å². The second kappa shape index (κ2) is 10.4. The van der Waals surface area contributed by atoms with Gasteiger partial charge in [0.05, 0.1) is 0 Å². The lowest BCUT2D eigenvalue weighted by Crippen LogP contribution is -2.14. The van der Waals surface area contributed by atoms with Gasteiger partial charge in [0.1, 0.15) is 0 Å². The number of aromatic nitrogens is 1. The Kier molecular flexibility index (Phi) is 8.75. The normalized spacial score (nSPS) is 10.9. The van der Waals surface area contributed by atoms with Gasteiger partial charge in [0, 0.05) is 18.4 Å². The van der Waals surface area contributed by atoms with Gasteiger partial charge in [-0.25, -0.2) is 0 Å². The highest BCUT2D eigenvalue weighted by molar-refractivity contribution is 5.02. The molecule has 0 radical (unpaired) electrons. The van der Waals surface area contributed by atoms with E-state index in [0.717, 1.165) is 13.1 Å². The van der Waals surface area contributed by atoms with Gasteiger partial charge in [0.2, 0.25) is 0 Å². The standard InChI is InChI=1S/C15H28N2/c1-2-3-4-5-6-7-8-9-12-16-14-15-11-10-13-17-15/h10-11,13,16-17H,2-9,12,14H2,1H3. The number of rotatable bonds is 11. The van der Waals surface area contributed by atoms with Crippen molar-refractivity contribution < 1.29 is 0 Å². The van der Waals surface area contributed by atoms with Crippen LogP contribution in [0.4, 0.5) is 0 Å². The van der Waals surface area contributed by atoms with Crippen LogP contribution in [-0.2, 0) is 6.54 Å². The largest absolute Gasteiger partial charge is 0.364 e. The number of nitrogens with one attached hydrogen (secondary N) is 2. The zero-order valence-electron chi connectivity index (χ0n) is 11.3. The number of hydrogen-bond acceptors (Lipinski definition) is 1. The summed E-state index contributed by atoms with van der Waals surface area (Å²) in [4.78, 5) is 3.21. The molecule has 0 saturated heterocycles. The van der Waals surface area contributed by atoms with E-state index in [0.29, 0.717) is 0 Å². The Bertz CT molecular complexity index is 241. The molecule has 0 aliphatic heterocycles. The van der Waals surface area contributed by atoms with E-state index in [1.54, 1.807) is 0 Å². The lowest BCUT2D eigenvalue weighted by molar-refractivity contribution is 0.553. The average molecular weight is 236 g/mol. The van der Waals surface area contributed by atoms with E-state index in [-0.39, 0.29) is 0 Å². The molecular weight excluding hydrogens is 208 g/mol. The first-order valence-electron chi connectivity index (χ1n) is 7.26. The highest BCUT2D eigenvalue weighted by Crippen LogP contribution is 2.07. The Morgan fingerprint density at radius 2 is 1.71 bits per heavy atom. The predicted octanol–water partition coefficient (Wildman–Crippen LogP) is 4.25. The van der Waals surface area contributed by atoms with E-state index >= 15 is 0 Å². The Morgan fingerprint density at radius 1 is 1.00 bits per heavy atom. The lowest BCUT2D eigenvalue weighted by Gasteiger charge is -2.03. The van der Waals surface area contributed by atoms with Crippen LogP contribution in [0.15, 0.2) is 18.3 Å². The van der Waals surface area contributed by atoms with Crippen LogP contribution in [0, 0.1) is 0 Å². The van der Waals surface area contributed by atoms with Crippen LogP contribution in [0.25, 0.3) is 0 Å². The van der Waals surface area contributed by atoms with Crippen LogP contribution in [-0.4, -0.2) is 11.5 Å². The number of aromatic amines is 1. The molecule has 1 heterocycles. The molecular formula is C15H28N2. The predicted molar refractivity (Wildman–Crippen MR) is 75.1 cm³/mol. The number of hydrogen-bond donors (Lipinski definition) is 2. The molecule has 1 rings (SSSR count). The Hall–Kier alpha value is -0.760. The molecule has 0 spiro atoms. The van der Waals surface area contributed by atoms with Gasteiger partial charge in [-0.3, -0.25) is 0 Å². The summed E-state index contributed by atoms with van der Waals surface area (Å²) in [5.41, 5.74) is 1.28. The molecule has 0 unspecified atom stereocenters. The third kappa shape index (κ3) is 8.03. The van der Waals surface area contributed by atoms with Crippen molar-refractivity contribution in [1.29, 1.82) is 0 Å². The molecule has 0 fully saturated rings. The van der Waals surface area contributed by atoms with E-state index in [9.17, 15) is 0 Å². The quantitative estimate of drug-likeness (QED) is 0.552. The fourth-order valence-electron chi connectivity index (χ4n) is 2.08. The molecule has 0 saturated carbocycles. The van der Waals surface area contributed by atoms with Gasteiger partial charge in [-0.2, -0.15) is 0 Å². The molecule has 2 nitrogen and oxygen atoms in total. The van der Waals surface area contributed by atoms with Gasteiger partial charge in [0.15, 0.2) is 0 Å². The van der Waals surface area contributed by atoms with E-state index in [1.165, 1.54) is 57.1 Å². The van der Waals surface area contributed by atoms with Crippen molar-refractivity contribution in [2.24, 2.45) is 0 Å². The summed E-state index contributed by atoms with van der Waals surface area (Å²) in [7, 11) is 0. The molecule has 0 atom stereocenters. The Labute approximate surface area is 106 Å². The van der Waals surface area contributed by atoms with Crippen LogP contribution in [0.5, 0.6) is 0 Å². The maximum absolute atomic E-state index is 3.47. The number of unbranched alkanes of at least 4 members (excludes halogenated alkanes) is 7. The summed E-state index contributed by atoms with van der Waals surface area (Å²) in [6.07, 6.45) is 13.1. The Morgan fingerprint density at radius 3 is 2.35 bits per heavy atom. The van der Waals surface area contributed by atoms with Gasteiger partial charge < -0.3 is 10.3 Å². The van der Waals surface area contributed by atoms with Crippen molar-refractivity contribution in [3.8, 4) is 0 Å². The lowest BCUT2D eigenvalue weighted by atomic mass is 10.1. The minimum atomic E-state index is 0.976. The summed E-state index contributed by atoms with van der Waals surface area (Å²) < 4.78 is 0. The van der Waals surface area contributed by atoms with Gasteiger partial charge in [-0.1, -0.05) is 51.9 Å². The monoisotopic (exact) mass is 236 g/mol. The van der Waals surface area contributed by atoms with Gasteiger partial charge in [-0.05, 0) is 25.1 Å². The molecule has 0 aromatic carbocycles. The second-order valence-electron chi connectivity index (χ2n) is 4.85. The maximum Gasteiger partial charge on any atom is 0.0357 e. The minimum absolute atomic E-state index is 0.976. The molecule has 0 bridgehead atoms. The molecule has 1 aromatic rings. The zero-order chi connectivity index (χ0) is 12.2. The van der Waals surface area contributed by atoms with Gasteiger partial charge in [-0.15, -0.1) is 0 Å². The molecule has 0 amide bonds. The first-order valence-corrected chi connectivity index (χ1v) is 7.26. The topological polar surface area (TPSA) is 27.8 Å². The molecule has 2 heteroatoms. The first kappa shape index (κ1) is 14.3. The summed E-state index contributed by atoms with van der Waals surface area (Å²) >= 11 is 0. The molecule has 1 aromatic heterocycles. The van der Waals surface area contributed by atoms with Crippen molar-refractivity contribution in [2.75, 3.05) is 6.54 Å². The van der Waals surface area contributed by atoms with Crippen molar-refractivity contribution in [2.45, 2.75) is 64.8 Å². The Balaban J connectivity index is 1.76. The van der Waals surface area contributed by atoms with Crippen LogP contribution in [0.2, 0.25) is 0 Å². The smallest absolute Gasteiger partial charge is 0.0357 e. The average Bonchev–Trinajstić information content (AvgIpc) is 2.85. The fraction of sp³-hybridized carbons (Fsp3) is 0.733. The maximum atomic E-state index is 3.47. The van der Waals surface area contributed by atoms with E-state index in [1.807, 2.05) is 12.3 Å². The summed E-state index contributed by atoms with van der Waals surface area (Å²) in [6, 6.07) is 4.17. The molecule has 0 aliphatic carbocycles. The summed E-state index contributed by atoms with van der Waals surface area (Å²) in [6.45, 7) is 4.40. The zero-order valence-corrected chi connectivity index (χ0v) is 11.3. The molecule has 0 aliphatic rings. The highest BCUT2D eigenvalue weighted by atomic mass is 14.9. The summed E-state index contributed by atoms with van der Waals surface area (Å²) in [5, 5.41) is 3.47. The third-order valence-corrected chi connectivity index (χ3v) is 3.18. The fourth-order valence-corrected chi connectivity index (χ4v) is 2.08. The van der Waals surface area contributed by atoms with Crippen molar-refractivity contribution in [3.63, 3.8) is 0 Å². The highest BCUT2D eigenvalue weighted by Gasteiger charge is 1.93. The van der Waals surface area contributed by atoms with Gasteiger partial charge in [0.25, 0.3) is 0 Å². The SMILES string of the molecule is CCCCCCCCCCNCc1ccc[nH]1. The van der Waals surface area contributed by atoms with Crippen LogP contribution >= 0.6 is 0 Å². The minimum Gasteiger partial charge on any atom is -0.364 e. The van der Waals surface area contributed by atoms with Crippen LogP contribution in [0.3, 0.4) is 0 Å². The van der Waals surface area contributed by atoms with E-state index < -0.39 is 0 Å². The van der Waals surface area contributed by atoms with Crippen molar-refractivity contribution in [3.05, 3.63) is 24.0 Å². The van der Waals surface area contributed by atoms with Gasteiger partial charge >= 0.3 is 0 Å². The third-order valence-electron chi connectivity index (χ3n) is 3.18. The molecule has 17 heavy (non-hydrogen) atoms. The summed E-state index contributed by atoms with van der Waals surface area (Å²) in [5.74, 6) is 0. The second-order valence-corrected chi connectivity index (χ2v) is 4.85. The van der Waals surface area contributed by atoms with Crippen molar-refractivity contribution in [1.82, 2.24) is 10.3 Å². The molecule has 2 N–H and O–H groups in total. The first-order chi connectivity index (χ1) is 8.43. The molecule has 98 valence electrons. The van der Waals surface area contributed by atoms with Crippen LogP contribution in [0.1, 0.15) is 64.0 Å². The van der Waals surface area contributed by atoms with Crippen LogP contribution < -0.4 is 5.32 Å². The van der Waals surface area contributed by atoms with E-state index in [2.05, 4.69) is 23.3 Å². The number of H-pyrrole nitrogens is 1.